The number of rotatable bonds is 26. The number of hydrogen-bond donors (Lipinski definition) is 0. The molecule has 0 aliphatic carbocycles. The third kappa shape index (κ3) is 17.7. The Morgan fingerprint density at radius 1 is 0.404 bits per heavy atom. The molecule has 0 saturated heterocycles. The van der Waals surface area contributed by atoms with E-state index in [1.54, 1.807) is 0 Å². The average molecular weight is 945 g/mol. The summed E-state index contributed by atoms with van der Waals surface area (Å²) in [6, 6.07) is 19.6. The number of unbranched alkanes of at least 4 members (excludes halogenated alkanes) is 16. The van der Waals surface area contributed by atoms with Gasteiger partial charge in [0.1, 0.15) is 20.2 Å². The molecule has 0 saturated carbocycles. The standard InChI is InChI=1S/2C24H36O3S.Ba/c2*1-3-5-7-9-11-16-21-19-20-15-13-14-17-22(20)23(24(21)28(25,26)27)18-12-10-8-6-4-2;/h2*13-15,17,19H,3-12,16,18H2,1-2H3,(H,25,26,27);/q;;+2/p-2. The summed E-state index contributed by atoms with van der Waals surface area (Å²) in [5.41, 5.74) is 2.92. The van der Waals surface area contributed by atoms with E-state index in [9.17, 15) is 25.9 Å². The second-order valence-corrected chi connectivity index (χ2v) is 18.3. The molecule has 0 aliphatic heterocycles. The number of benzene rings is 4. The Labute approximate surface area is 387 Å². The first kappa shape index (κ1) is 51.9. The Kier molecular flexibility index (Phi) is 25.8. The van der Waals surface area contributed by atoms with Gasteiger partial charge in [-0.25, -0.2) is 16.8 Å². The minimum absolute atomic E-state index is 0. The van der Waals surface area contributed by atoms with Crippen LogP contribution in [0.5, 0.6) is 0 Å². The fraction of sp³-hybridized carbons (Fsp3) is 0.583. The van der Waals surface area contributed by atoms with Gasteiger partial charge in [-0.1, -0.05) is 179 Å². The van der Waals surface area contributed by atoms with E-state index in [0.29, 0.717) is 36.8 Å². The Hall–Kier alpha value is -1.21. The molecular formula is C48H70BaO6S2. The van der Waals surface area contributed by atoms with Crippen LogP contribution in [0.4, 0.5) is 0 Å². The molecule has 6 nitrogen and oxygen atoms in total. The molecule has 0 amide bonds. The van der Waals surface area contributed by atoms with Crippen molar-refractivity contribution in [3.8, 4) is 0 Å². The van der Waals surface area contributed by atoms with Gasteiger partial charge in [-0.2, -0.15) is 0 Å². The molecule has 57 heavy (non-hydrogen) atoms. The van der Waals surface area contributed by atoms with Gasteiger partial charge < -0.3 is 9.11 Å². The van der Waals surface area contributed by atoms with E-state index in [1.165, 1.54) is 51.4 Å². The van der Waals surface area contributed by atoms with E-state index >= 15 is 0 Å². The van der Waals surface area contributed by atoms with Crippen molar-refractivity contribution in [1.29, 1.82) is 0 Å². The largest absolute Gasteiger partial charge is 2.00 e. The van der Waals surface area contributed by atoms with E-state index in [2.05, 4.69) is 27.7 Å². The van der Waals surface area contributed by atoms with Crippen molar-refractivity contribution in [2.75, 3.05) is 0 Å². The summed E-state index contributed by atoms with van der Waals surface area (Å²) in [7, 11) is -9.00. The molecule has 0 spiro atoms. The van der Waals surface area contributed by atoms with Gasteiger partial charge in [-0.05, 0) is 107 Å². The maximum absolute atomic E-state index is 12.2. The van der Waals surface area contributed by atoms with Crippen molar-refractivity contribution in [3.05, 3.63) is 82.9 Å². The van der Waals surface area contributed by atoms with E-state index in [0.717, 1.165) is 110 Å². The van der Waals surface area contributed by atoms with Crippen LogP contribution in [0.2, 0.25) is 0 Å². The molecule has 0 aliphatic rings. The normalized spacial score (nSPS) is 11.8. The number of fused-ring (bicyclic) bond motifs is 2. The van der Waals surface area contributed by atoms with Crippen molar-refractivity contribution in [3.63, 3.8) is 0 Å². The molecule has 0 atom stereocenters. The molecule has 312 valence electrons. The molecule has 4 aromatic rings. The van der Waals surface area contributed by atoms with Crippen LogP contribution in [0.15, 0.2) is 70.5 Å². The third-order valence-corrected chi connectivity index (χ3v) is 13.0. The minimum Gasteiger partial charge on any atom is -0.744 e. The van der Waals surface area contributed by atoms with Crippen LogP contribution < -0.4 is 0 Å². The monoisotopic (exact) mass is 944 g/mol. The summed E-state index contributed by atoms with van der Waals surface area (Å²) in [5.74, 6) is 0. The summed E-state index contributed by atoms with van der Waals surface area (Å²) in [6.45, 7) is 8.72. The summed E-state index contributed by atoms with van der Waals surface area (Å²) in [6.07, 6.45) is 24.8. The molecule has 0 unspecified atom stereocenters. The van der Waals surface area contributed by atoms with Crippen LogP contribution in [-0.2, 0) is 45.9 Å². The predicted molar refractivity (Wildman–Crippen MR) is 239 cm³/mol. The van der Waals surface area contributed by atoms with Crippen LogP contribution in [0.3, 0.4) is 0 Å². The first-order chi connectivity index (χ1) is 27.0. The molecule has 4 rings (SSSR count). The van der Waals surface area contributed by atoms with Crippen molar-refractivity contribution >= 4 is 90.7 Å². The van der Waals surface area contributed by atoms with E-state index in [-0.39, 0.29) is 58.7 Å². The van der Waals surface area contributed by atoms with Gasteiger partial charge in [0.2, 0.25) is 0 Å². The van der Waals surface area contributed by atoms with Crippen molar-refractivity contribution in [2.45, 2.75) is 192 Å². The third-order valence-electron chi connectivity index (χ3n) is 11.0. The smallest absolute Gasteiger partial charge is 0.744 e. The molecule has 4 aromatic carbocycles. The summed E-state index contributed by atoms with van der Waals surface area (Å²) < 4.78 is 73.4. The Morgan fingerprint density at radius 3 is 0.982 bits per heavy atom. The van der Waals surface area contributed by atoms with Gasteiger partial charge in [0.05, 0.1) is 9.79 Å². The maximum atomic E-state index is 12.2. The van der Waals surface area contributed by atoms with Crippen LogP contribution in [-0.4, -0.2) is 74.8 Å². The second kappa shape index (κ2) is 28.3. The quantitative estimate of drug-likeness (QED) is 0.0352. The zero-order chi connectivity index (χ0) is 40.8. The fourth-order valence-corrected chi connectivity index (χ4v) is 10.1. The van der Waals surface area contributed by atoms with Crippen molar-refractivity contribution < 1.29 is 25.9 Å². The van der Waals surface area contributed by atoms with Crippen LogP contribution in [0.1, 0.15) is 178 Å². The van der Waals surface area contributed by atoms with Crippen molar-refractivity contribution in [1.82, 2.24) is 0 Å². The summed E-state index contributed by atoms with van der Waals surface area (Å²) >= 11 is 0. The van der Waals surface area contributed by atoms with Crippen molar-refractivity contribution in [2.24, 2.45) is 0 Å². The molecule has 0 radical (unpaired) electrons. The molecule has 0 fully saturated rings. The van der Waals surface area contributed by atoms with Crippen LogP contribution in [0.25, 0.3) is 21.5 Å². The van der Waals surface area contributed by atoms with Crippen LogP contribution >= 0.6 is 0 Å². The SMILES string of the molecule is CCCCCCCc1cc2ccccc2c(CCCCCCC)c1S(=O)(=O)[O-].CCCCCCCc1cc2ccccc2c(CCCCCCC)c1S(=O)(=O)[O-].[Ba+2]. The van der Waals surface area contributed by atoms with E-state index in [1.807, 2.05) is 60.7 Å². The molecule has 0 bridgehead atoms. The summed E-state index contributed by atoms with van der Waals surface area (Å²) in [5, 5.41) is 3.92. The first-order valence-corrected chi connectivity index (χ1v) is 24.8. The Morgan fingerprint density at radius 2 is 0.684 bits per heavy atom. The van der Waals surface area contributed by atoms with Crippen LogP contribution in [0, 0.1) is 0 Å². The van der Waals surface area contributed by atoms with Gasteiger partial charge >= 0.3 is 48.9 Å². The Balaban J connectivity index is 0.000000387. The first-order valence-electron chi connectivity index (χ1n) is 22.0. The predicted octanol–water partition coefficient (Wildman–Crippen LogP) is 13.2. The fourth-order valence-electron chi connectivity index (χ4n) is 8.07. The Bertz CT molecular complexity index is 1830. The maximum Gasteiger partial charge on any atom is 2.00 e. The molecule has 0 aromatic heterocycles. The van der Waals surface area contributed by atoms with Gasteiger partial charge in [-0.3, -0.25) is 0 Å². The summed E-state index contributed by atoms with van der Waals surface area (Å²) in [4.78, 5) is 0.134. The number of aryl methyl sites for hydroxylation is 4. The zero-order valence-corrected chi connectivity index (χ0v) is 41.8. The molecular weight excluding hydrogens is 874 g/mol. The van der Waals surface area contributed by atoms with Gasteiger partial charge in [0.25, 0.3) is 0 Å². The number of hydrogen-bond acceptors (Lipinski definition) is 6. The van der Waals surface area contributed by atoms with Gasteiger partial charge in [-0.15, -0.1) is 0 Å². The second-order valence-electron chi connectivity index (χ2n) is 15.7. The average Bonchev–Trinajstić information content (AvgIpc) is 3.16. The van der Waals surface area contributed by atoms with E-state index in [4.69, 9.17) is 0 Å². The molecule has 0 heterocycles. The van der Waals surface area contributed by atoms with E-state index < -0.39 is 20.2 Å². The minimum atomic E-state index is -4.50. The van der Waals surface area contributed by atoms with Gasteiger partial charge in [0, 0.05) is 0 Å². The van der Waals surface area contributed by atoms with Gasteiger partial charge in [0.15, 0.2) is 0 Å². The molecule has 0 N–H and O–H groups in total. The zero-order valence-electron chi connectivity index (χ0n) is 35.7. The topological polar surface area (TPSA) is 114 Å². The molecule has 9 heteroatoms.